The van der Waals surface area contributed by atoms with Gasteiger partial charge in [0, 0.05) is 6.20 Å². The summed E-state index contributed by atoms with van der Waals surface area (Å²) in [6, 6.07) is 11.9. The Balaban J connectivity index is 2.24. The summed E-state index contributed by atoms with van der Waals surface area (Å²) in [5.41, 5.74) is 1.17. The zero-order valence-electron chi connectivity index (χ0n) is 11.0. The van der Waals surface area contributed by atoms with Crippen LogP contribution in [0.1, 0.15) is 29.0 Å². The third kappa shape index (κ3) is 3.06. The number of benzene rings is 1. The van der Waals surface area contributed by atoms with Crippen molar-refractivity contribution in [2.75, 3.05) is 0 Å². The number of amides is 1. The highest BCUT2D eigenvalue weighted by Gasteiger charge is 2.27. The number of carbonyl (C=O) groups excluding carboxylic acids is 1. The van der Waals surface area contributed by atoms with Gasteiger partial charge in [-0.1, -0.05) is 30.3 Å². The molecule has 0 saturated carbocycles. The van der Waals surface area contributed by atoms with Crippen LogP contribution in [0.4, 0.5) is 0 Å². The molecular formula is C15H16N2O3. The SMILES string of the molecule is CC(C(=O)O)C(NC(=O)c1ccc[nH]1)c1ccccc1. The Kier molecular flexibility index (Phi) is 4.20. The van der Waals surface area contributed by atoms with E-state index in [0.29, 0.717) is 5.69 Å². The first-order valence-electron chi connectivity index (χ1n) is 6.31. The van der Waals surface area contributed by atoms with E-state index in [4.69, 9.17) is 0 Å². The van der Waals surface area contributed by atoms with Crippen molar-refractivity contribution in [3.8, 4) is 0 Å². The maximum Gasteiger partial charge on any atom is 0.308 e. The smallest absolute Gasteiger partial charge is 0.308 e. The molecule has 20 heavy (non-hydrogen) atoms. The van der Waals surface area contributed by atoms with E-state index in [1.807, 2.05) is 18.2 Å². The zero-order chi connectivity index (χ0) is 14.5. The fourth-order valence-electron chi connectivity index (χ4n) is 1.99. The minimum Gasteiger partial charge on any atom is -0.481 e. The predicted molar refractivity (Wildman–Crippen MR) is 74.2 cm³/mol. The highest BCUT2D eigenvalue weighted by molar-refractivity contribution is 5.93. The topological polar surface area (TPSA) is 82.2 Å². The van der Waals surface area contributed by atoms with Crippen LogP contribution in [-0.2, 0) is 4.79 Å². The highest BCUT2D eigenvalue weighted by atomic mass is 16.4. The van der Waals surface area contributed by atoms with Crippen LogP contribution in [-0.4, -0.2) is 22.0 Å². The van der Waals surface area contributed by atoms with Gasteiger partial charge in [0.25, 0.3) is 5.91 Å². The van der Waals surface area contributed by atoms with Gasteiger partial charge in [-0.2, -0.15) is 0 Å². The molecule has 0 bridgehead atoms. The van der Waals surface area contributed by atoms with Crippen molar-refractivity contribution >= 4 is 11.9 Å². The van der Waals surface area contributed by atoms with Crippen molar-refractivity contribution in [1.82, 2.24) is 10.3 Å². The van der Waals surface area contributed by atoms with Crippen molar-refractivity contribution in [1.29, 1.82) is 0 Å². The molecule has 0 spiro atoms. The van der Waals surface area contributed by atoms with Crippen LogP contribution in [0.2, 0.25) is 0 Å². The first kappa shape index (κ1) is 13.9. The zero-order valence-corrected chi connectivity index (χ0v) is 11.0. The van der Waals surface area contributed by atoms with Crippen LogP contribution in [0, 0.1) is 5.92 Å². The van der Waals surface area contributed by atoms with Gasteiger partial charge in [-0.05, 0) is 24.6 Å². The van der Waals surface area contributed by atoms with Crippen LogP contribution in [0.5, 0.6) is 0 Å². The molecule has 2 aromatic rings. The molecule has 0 fully saturated rings. The molecular weight excluding hydrogens is 256 g/mol. The number of rotatable bonds is 5. The Morgan fingerprint density at radius 1 is 1.15 bits per heavy atom. The number of hydrogen-bond acceptors (Lipinski definition) is 2. The minimum atomic E-state index is -0.953. The molecule has 2 rings (SSSR count). The number of H-pyrrole nitrogens is 1. The van der Waals surface area contributed by atoms with Gasteiger partial charge in [-0.3, -0.25) is 9.59 Å². The highest BCUT2D eigenvalue weighted by Crippen LogP contribution is 2.22. The van der Waals surface area contributed by atoms with Gasteiger partial charge in [0.15, 0.2) is 0 Å². The average Bonchev–Trinajstić information content (AvgIpc) is 2.99. The Morgan fingerprint density at radius 3 is 2.40 bits per heavy atom. The lowest BCUT2D eigenvalue weighted by molar-refractivity contribution is -0.142. The van der Waals surface area contributed by atoms with Gasteiger partial charge in [-0.25, -0.2) is 0 Å². The standard InChI is InChI=1S/C15H16N2O3/c1-10(15(19)20)13(11-6-3-2-4-7-11)17-14(18)12-8-5-9-16-12/h2-10,13,16H,1H3,(H,17,18)(H,19,20). The molecule has 0 aliphatic heterocycles. The van der Waals surface area contributed by atoms with E-state index < -0.39 is 17.9 Å². The van der Waals surface area contributed by atoms with E-state index in [2.05, 4.69) is 10.3 Å². The van der Waals surface area contributed by atoms with Crippen molar-refractivity contribution in [2.45, 2.75) is 13.0 Å². The van der Waals surface area contributed by atoms with Crippen molar-refractivity contribution in [3.63, 3.8) is 0 Å². The van der Waals surface area contributed by atoms with E-state index >= 15 is 0 Å². The molecule has 0 aliphatic rings. The van der Waals surface area contributed by atoms with Gasteiger partial charge >= 0.3 is 5.97 Å². The summed E-state index contributed by atoms with van der Waals surface area (Å²) in [5, 5.41) is 12.0. The number of aromatic amines is 1. The fraction of sp³-hybridized carbons (Fsp3) is 0.200. The van der Waals surface area contributed by atoms with Crippen LogP contribution in [0.25, 0.3) is 0 Å². The second-order valence-electron chi connectivity index (χ2n) is 4.57. The Hall–Kier alpha value is -2.56. The Morgan fingerprint density at radius 2 is 1.85 bits per heavy atom. The molecule has 2 unspecified atom stereocenters. The lowest BCUT2D eigenvalue weighted by atomic mass is 9.94. The number of carbonyl (C=O) groups is 2. The second kappa shape index (κ2) is 6.06. The second-order valence-corrected chi connectivity index (χ2v) is 4.57. The Labute approximate surface area is 116 Å². The molecule has 104 valence electrons. The third-order valence-corrected chi connectivity index (χ3v) is 3.18. The molecule has 5 nitrogen and oxygen atoms in total. The van der Waals surface area contributed by atoms with Crippen molar-refractivity contribution in [3.05, 3.63) is 59.9 Å². The molecule has 0 radical (unpaired) electrons. The number of aromatic nitrogens is 1. The van der Waals surface area contributed by atoms with Crippen molar-refractivity contribution < 1.29 is 14.7 Å². The first-order valence-corrected chi connectivity index (χ1v) is 6.31. The number of nitrogens with one attached hydrogen (secondary N) is 2. The van der Waals surface area contributed by atoms with E-state index in [9.17, 15) is 14.7 Å². The molecule has 1 aromatic carbocycles. The number of carboxylic acid groups (broad SMARTS) is 1. The van der Waals surface area contributed by atoms with E-state index in [-0.39, 0.29) is 5.91 Å². The maximum absolute atomic E-state index is 12.1. The number of carboxylic acids is 1. The van der Waals surface area contributed by atoms with E-state index in [1.165, 1.54) is 0 Å². The molecule has 1 aromatic heterocycles. The largest absolute Gasteiger partial charge is 0.481 e. The summed E-state index contributed by atoms with van der Waals surface area (Å²) in [6.07, 6.45) is 1.65. The lowest BCUT2D eigenvalue weighted by Crippen LogP contribution is -2.35. The molecule has 0 aliphatic carbocycles. The fourth-order valence-corrected chi connectivity index (χ4v) is 1.99. The first-order chi connectivity index (χ1) is 9.59. The van der Waals surface area contributed by atoms with Crippen LogP contribution >= 0.6 is 0 Å². The van der Waals surface area contributed by atoms with Crippen LogP contribution < -0.4 is 5.32 Å². The summed E-state index contributed by atoms with van der Waals surface area (Å²) in [7, 11) is 0. The quantitative estimate of drug-likeness (QED) is 0.780. The van der Waals surface area contributed by atoms with E-state index in [0.717, 1.165) is 5.56 Å². The molecule has 0 saturated heterocycles. The Bertz CT molecular complexity index is 578. The summed E-state index contributed by atoms with van der Waals surface area (Å²) < 4.78 is 0. The van der Waals surface area contributed by atoms with Gasteiger partial charge in [0.05, 0.1) is 12.0 Å². The normalized spacial score (nSPS) is 13.4. The minimum absolute atomic E-state index is 0.322. The van der Waals surface area contributed by atoms with E-state index in [1.54, 1.807) is 37.4 Å². The average molecular weight is 272 g/mol. The number of hydrogen-bond donors (Lipinski definition) is 3. The lowest BCUT2D eigenvalue weighted by Gasteiger charge is -2.22. The molecule has 1 heterocycles. The number of aliphatic carboxylic acids is 1. The molecule has 2 atom stereocenters. The summed E-state index contributed by atoms with van der Waals surface area (Å²) in [4.78, 5) is 26.1. The molecule has 5 heteroatoms. The third-order valence-electron chi connectivity index (χ3n) is 3.18. The van der Waals surface area contributed by atoms with Crippen molar-refractivity contribution in [2.24, 2.45) is 5.92 Å². The summed E-state index contributed by atoms with van der Waals surface area (Å²) in [5.74, 6) is -2.00. The van der Waals surface area contributed by atoms with Gasteiger partial charge in [-0.15, -0.1) is 0 Å². The monoisotopic (exact) mass is 272 g/mol. The van der Waals surface area contributed by atoms with Crippen LogP contribution in [0.15, 0.2) is 48.7 Å². The summed E-state index contributed by atoms with van der Waals surface area (Å²) >= 11 is 0. The predicted octanol–water partition coefficient (Wildman–Crippen LogP) is 2.21. The molecule has 3 N–H and O–H groups in total. The maximum atomic E-state index is 12.1. The van der Waals surface area contributed by atoms with Gasteiger partial charge in [0.1, 0.15) is 5.69 Å². The van der Waals surface area contributed by atoms with Gasteiger partial charge in [0.2, 0.25) is 0 Å². The summed E-state index contributed by atoms with van der Waals surface area (Å²) in [6.45, 7) is 1.58. The van der Waals surface area contributed by atoms with Crippen LogP contribution in [0.3, 0.4) is 0 Å². The van der Waals surface area contributed by atoms with Gasteiger partial charge < -0.3 is 15.4 Å². The molecule has 1 amide bonds.